The van der Waals surface area contributed by atoms with Crippen LogP contribution >= 0.6 is 0 Å². The Bertz CT molecular complexity index is 325. The minimum atomic E-state index is -3.61. The second-order valence-electron chi connectivity index (χ2n) is 2.98. The molecule has 3 atom stereocenters. The molecule has 7 nitrogen and oxygen atoms in total. The highest BCUT2D eigenvalue weighted by atomic mass is 32.2. The number of esters is 1. The summed E-state index contributed by atoms with van der Waals surface area (Å²) >= 11 is 0. The van der Waals surface area contributed by atoms with E-state index in [1.807, 2.05) is 0 Å². The summed E-state index contributed by atoms with van der Waals surface area (Å²) in [4.78, 5) is 10.8. The van der Waals surface area contributed by atoms with Crippen LogP contribution in [-0.2, 0) is 23.8 Å². The highest BCUT2D eigenvalue weighted by Crippen LogP contribution is 2.14. The van der Waals surface area contributed by atoms with Crippen LogP contribution in [0.5, 0.6) is 0 Å². The van der Waals surface area contributed by atoms with E-state index in [0.29, 0.717) is 0 Å². The summed E-state index contributed by atoms with van der Waals surface area (Å²) in [5.74, 6) is -0.764. The van der Waals surface area contributed by atoms with Gasteiger partial charge in [-0.25, -0.2) is 0 Å². The summed E-state index contributed by atoms with van der Waals surface area (Å²) < 4.78 is 30.1. The third kappa shape index (κ3) is 2.64. The third-order valence-corrected chi connectivity index (χ3v) is 2.30. The maximum atomic E-state index is 10.8. The van der Waals surface area contributed by atoms with Gasteiger partial charge in [0, 0.05) is 0 Å². The van der Waals surface area contributed by atoms with Crippen molar-refractivity contribution in [3.63, 3.8) is 0 Å². The normalized spacial score (nSPS) is 33.1. The SMILES string of the molecule is CS(=O)(=O)OCC1OC(=O)C(N)C1O. The Morgan fingerprint density at radius 3 is 2.57 bits per heavy atom. The number of aliphatic hydroxyl groups excluding tert-OH is 1. The van der Waals surface area contributed by atoms with Gasteiger partial charge in [0.2, 0.25) is 0 Å². The zero-order valence-electron chi connectivity index (χ0n) is 7.41. The fourth-order valence-electron chi connectivity index (χ4n) is 0.991. The summed E-state index contributed by atoms with van der Waals surface area (Å²) in [5.41, 5.74) is 5.22. The largest absolute Gasteiger partial charge is 0.456 e. The minimum Gasteiger partial charge on any atom is -0.456 e. The molecule has 0 amide bonds. The van der Waals surface area contributed by atoms with Crippen molar-refractivity contribution in [2.75, 3.05) is 12.9 Å². The van der Waals surface area contributed by atoms with Gasteiger partial charge in [0.25, 0.3) is 10.1 Å². The molecule has 1 saturated heterocycles. The van der Waals surface area contributed by atoms with E-state index < -0.39 is 40.9 Å². The number of aliphatic hydroxyl groups is 1. The first-order valence-corrected chi connectivity index (χ1v) is 5.61. The Morgan fingerprint density at radius 2 is 2.21 bits per heavy atom. The predicted molar refractivity (Wildman–Crippen MR) is 44.7 cm³/mol. The number of hydrogen-bond acceptors (Lipinski definition) is 7. The zero-order chi connectivity index (χ0) is 10.9. The second-order valence-corrected chi connectivity index (χ2v) is 4.62. The van der Waals surface area contributed by atoms with Crippen molar-refractivity contribution >= 4 is 16.1 Å². The van der Waals surface area contributed by atoms with E-state index in [-0.39, 0.29) is 0 Å². The van der Waals surface area contributed by atoms with Crippen LogP contribution in [0.25, 0.3) is 0 Å². The van der Waals surface area contributed by atoms with Gasteiger partial charge in [0.1, 0.15) is 18.8 Å². The average molecular weight is 225 g/mol. The zero-order valence-corrected chi connectivity index (χ0v) is 8.23. The van der Waals surface area contributed by atoms with Gasteiger partial charge in [-0.2, -0.15) is 8.42 Å². The maximum Gasteiger partial charge on any atom is 0.326 e. The Labute approximate surface area is 80.9 Å². The molecule has 0 aromatic carbocycles. The molecule has 1 aliphatic rings. The van der Waals surface area contributed by atoms with Crippen molar-refractivity contribution in [3.8, 4) is 0 Å². The highest BCUT2D eigenvalue weighted by Gasteiger charge is 2.41. The lowest BCUT2D eigenvalue weighted by atomic mass is 10.1. The number of rotatable bonds is 3. The number of ether oxygens (including phenoxy) is 1. The summed E-state index contributed by atoms with van der Waals surface area (Å²) in [6, 6.07) is -1.14. The number of hydrogen-bond donors (Lipinski definition) is 2. The van der Waals surface area contributed by atoms with Gasteiger partial charge >= 0.3 is 5.97 Å². The molecule has 0 bridgehead atoms. The van der Waals surface area contributed by atoms with Crippen molar-refractivity contribution in [3.05, 3.63) is 0 Å². The Kier molecular flexibility index (Phi) is 3.10. The molecule has 3 unspecified atom stereocenters. The molecular formula is C6H11NO6S. The van der Waals surface area contributed by atoms with Crippen molar-refractivity contribution in [2.45, 2.75) is 18.2 Å². The lowest BCUT2D eigenvalue weighted by Crippen LogP contribution is -2.39. The Balaban J connectivity index is 2.52. The van der Waals surface area contributed by atoms with E-state index in [1.165, 1.54) is 0 Å². The number of carbonyl (C=O) groups is 1. The smallest absolute Gasteiger partial charge is 0.326 e. The molecule has 1 fully saturated rings. The van der Waals surface area contributed by atoms with Gasteiger partial charge in [-0.05, 0) is 0 Å². The van der Waals surface area contributed by atoms with E-state index in [0.717, 1.165) is 6.26 Å². The summed E-state index contributed by atoms with van der Waals surface area (Å²) in [6.07, 6.45) is -1.40. The molecule has 0 spiro atoms. The fourth-order valence-corrected chi connectivity index (χ4v) is 1.37. The molecule has 0 aromatic rings. The van der Waals surface area contributed by atoms with E-state index >= 15 is 0 Å². The predicted octanol–water partition coefficient (Wildman–Crippen LogP) is -2.42. The fraction of sp³-hybridized carbons (Fsp3) is 0.833. The number of nitrogens with two attached hydrogens (primary N) is 1. The van der Waals surface area contributed by atoms with Crippen LogP contribution in [0.2, 0.25) is 0 Å². The molecule has 1 heterocycles. The van der Waals surface area contributed by atoms with Crippen molar-refractivity contribution < 1.29 is 27.2 Å². The highest BCUT2D eigenvalue weighted by molar-refractivity contribution is 7.85. The number of cyclic esters (lactones) is 1. The molecular weight excluding hydrogens is 214 g/mol. The molecule has 0 aliphatic carbocycles. The molecule has 1 aliphatic heterocycles. The maximum absolute atomic E-state index is 10.8. The first-order valence-electron chi connectivity index (χ1n) is 3.80. The third-order valence-electron chi connectivity index (χ3n) is 1.73. The molecule has 1 rings (SSSR count). The first-order chi connectivity index (χ1) is 6.31. The molecule has 0 aromatic heterocycles. The van der Waals surface area contributed by atoms with Crippen molar-refractivity contribution in [1.82, 2.24) is 0 Å². The van der Waals surface area contributed by atoms with Gasteiger partial charge in [-0.3, -0.25) is 8.98 Å². The van der Waals surface area contributed by atoms with Crippen LogP contribution in [-0.4, -0.2) is 50.6 Å². The van der Waals surface area contributed by atoms with Gasteiger partial charge in [0.05, 0.1) is 6.26 Å². The van der Waals surface area contributed by atoms with Crippen molar-refractivity contribution in [2.24, 2.45) is 5.73 Å². The molecule has 3 N–H and O–H groups in total. The van der Waals surface area contributed by atoms with Gasteiger partial charge in [-0.1, -0.05) is 0 Å². The van der Waals surface area contributed by atoms with Crippen LogP contribution in [0.3, 0.4) is 0 Å². The molecule has 82 valence electrons. The molecule has 0 saturated carbocycles. The Morgan fingerprint density at radius 1 is 1.64 bits per heavy atom. The van der Waals surface area contributed by atoms with Crippen LogP contribution in [0, 0.1) is 0 Å². The average Bonchev–Trinajstić information content (AvgIpc) is 2.28. The summed E-state index contributed by atoms with van der Waals surface area (Å²) in [7, 11) is -3.61. The lowest BCUT2D eigenvalue weighted by molar-refractivity contribution is -0.143. The molecule has 8 heteroatoms. The van der Waals surface area contributed by atoms with Crippen LogP contribution in [0.1, 0.15) is 0 Å². The minimum absolute atomic E-state index is 0.417. The quantitative estimate of drug-likeness (QED) is 0.405. The van der Waals surface area contributed by atoms with E-state index in [9.17, 15) is 18.3 Å². The summed E-state index contributed by atoms with van der Waals surface area (Å²) in [5, 5.41) is 9.28. The van der Waals surface area contributed by atoms with Crippen molar-refractivity contribution in [1.29, 1.82) is 0 Å². The summed E-state index contributed by atoms with van der Waals surface area (Å²) in [6.45, 7) is -0.417. The van der Waals surface area contributed by atoms with E-state index in [4.69, 9.17) is 5.73 Å². The second kappa shape index (κ2) is 3.81. The van der Waals surface area contributed by atoms with Gasteiger partial charge < -0.3 is 15.6 Å². The Hall–Kier alpha value is -0.700. The lowest BCUT2D eigenvalue weighted by Gasteiger charge is -2.12. The van der Waals surface area contributed by atoms with E-state index in [1.54, 1.807) is 0 Å². The molecule has 0 radical (unpaired) electrons. The van der Waals surface area contributed by atoms with Gasteiger partial charge in [-0.15, -0.1) is 0 Å². The van der Waals surface area contributed by atoms with Crippen LogP contribution in [0.4, 0.5) is 0 Å². The molecule has 14 heavy (non-hydrogen) atoms. The van der Waals surface area contributed by atoms with Crippen LogP contribution in [0.15, 0.2) is 0 Å². The van der Waals surface area contributed by atoms with Crippen LogP contribution < -0.4 is 5.73 Å². The first kappa shape index (κ1) is 11.4. The van der Waals surface area contributed by atoms with Gasteiger partial charge in [0.15, 0.2) is 6.10 Å². The van der Waals surface area contributed by atoms with E-state index in [2.05, 4.69) is 8.92 Å². The monoisotopic (exact) mass is 225 g/mol. The number of carbonyl (C=O) groups excluding carboxylic acids is 1. The standard InChI is InChI=1S/C6H11NO6S/c1-14(10,11)12-2-3-5(8)4(7)6(9)13-3/h3-5,8H,2,7H2,1H3. The topological polar surface area (TPSA) is 116 Å².